The number of aliphatic imine (C=N–C) groups is 1. The Morgan fingerprint density at radius 2 is 1.35 bits per heavy atom. The summed E-state index contributed by atoms with van der Waals surface area (Å²) in [6.07, 6.45) is 3.82. The number of aromatic hydroxyl groups is 1. The Morgan fingerprint density at radius 3 is 1.81 bits per heavy atom. The molecule has 0 fully saturated rings. The van der Waals surface area contributed by atoms with Crippen LogP contribution in [0.4, 0.5) is 0 Å². The molecule has 0 unspecified atom stereocenters. The summed E-state index contributed by atoms with van der Waals surface area (Å²) in [5.41, 5.74) is 3.47. The molecule has 2 nitrogen and oxygen atoms in total. The van der Waals surface area contributed by atoms with E-state index in [0.717, 1.165) is 35.1 Å². The molecule has 0 aliphatic heterocycles. The van der Waals surface area contributed by atoms with E-state index in [1.807, 2.05) is 60.8 Å². The van der Waals surface area contributed by atoms with Gasteiger partial charge >= 0.3 is 37.9 Å². The van der Waals surface area contributed by atoms with E-state index in [4.69, 9.17) is 17.0 Å². The molecular formula is C26H29Cl2NOZr. The van der Waals surface area contributed by atoms with Crippen molar-refractivity contribution in [3.05, 3.63) is 101 Å². The zero-order valence-corrected chi connectivity index (χ0v) is 22.2. The first kappa shape index (κ1) is 25.9. The number of halogens is 2. The van der Waals surface area contributed by atoms with Crippen LogP contribution in [0.2, 0.25) is 0 Å². The average molecular weight is 534 g/mol. The molecule has 0 aliphatic rings. The van der Waals surface area contributed by atoms with Gasteiger partial charge in [-0.2, -0.15) is 0 Å². The second-order valence-electron chi connectivity index (χ2n) is 7.42. The second-order valence-corrected chi connectivity index (χ2v) is 11.2. The summed E-state index contributed by atoms with van der Waals surface area (Å²) in [5, 5.41) is 11.2. The first-order chi connectivity index (χ1) is 15.0. The topological polar surface area (TPSA) is 32.6 Å². The van der Waals surface area contributed by atoms with Crippen LogP contribution in [-0.2, 0) is 26.3 Å². The van der Waals surface area contributed by atoms with Crippen LogP contribution in [-0.4, -0.2) is 17.4 Å². The standard InChI is InChI=1S/C26H29NO.2ClH.Zr/c1-4-23(5-2)27-19-20-13-12-18-24(25(20)28)26(3,21-14-8-6-9-15-21)22-16-10-7-11-17-22;;;/h6-19,23,28H,4-5H2,1-3H3;2*1H;/q;;;+2/p-2. The fourth-order valence-corrected chi connectivity index (χ4v) is 3.77. The van der Waals surface area contributed by atoms with Gasteiger partial charge in [0.1, 0.15) is 5.75 Å². The molecular weight excluding hydrogens is 504 g/mol. The molecule has 0 aliphatic carbocycles. The van der Waals surface area contributed by atoms with E-state index < -0.39 is 26.3 Å². The Labute approximate surface area is 205 Å². The van der Waals surface area contributed by atoms with Crippen LogP contribution in [0, 0.1) is 0 Å². The summed E-state index contributed by atoms with van der Waals surface area (Å²) in [7, 11) is 9.87. The summed E-state index contributed by atoms with van der Waals surface area (Å²) >= 11 is -0.826. The zero-order chi connectivity index (χ0) is 22.7. The molecule has 0 bridgehead atoms. The Morgan fingerprint density at radius 1 is 0.871 bits per heavy atom. The van der Waals surface area contributed by atoms with Crippen molar-refractivity contribution < 1.29 is 26.0 Å². The molecule has 0 saturated heterocycles. The van der Waals surface area contributed by atoms with Gasteiger partial charge in [0, 0.05) is 28.8 Å². The molecule has 31 heavy (non-hydrogen) atoms. The molecule has 0 heterocycles. The normalized spacial score (nSPS) is 11.3. The van der Waals surface area contributed by atoms with Gasteiger partial charge in [-0.3, -0.25) is 4.99 Å². The predicted octanol–water partition coefficient (Wildman–Crippen LogP) is 7.73. The summed E-state index contributed by atoms with van der Waals surface area (Å²) in [4.78, 5) is 4.68. The fraction of sp³-hybridized carbons (Fsp3) is 0.269. The van der Waals surface area contributed by atoms with E-state index in [1.54, 1.807) is 0 Å². The van der Waals surface area contributed by atoms with Crippen molar-refractivity contribution >= 4 is 23.2 Å². The Balaban J connectivity index is 0.00000107. The number of phenolic OH excluding ortho intramolecular Hbond substituents is 1. The number of hydrogen-bond donors (Lipinski definition) is 1. The maximum atomic E-state index is 11.2. The Bertz CT molecular complexity index is 905. The van der Waals surface area contributed by atoms with Crippen LogP contribution in [0.15, 0.2) is 83.9 Å². The maximum absolute atomic E-state index is 11.2. The summed E-state index contributed by atoms with van der Waals surface area (Å²) in [6.45, 7) is 6.46. The SMILES string of the molecule is CCC(CC)N=Cc1cccc(C(C)(c2ccccc2)c2ccccc2)c1O.[Cl][Zr][Cl]. The number of para-hydroxylation sites is 1. The molecule has 162 valence electrons. The molecule has 5 heteroatoms. The Hall–Kier alpha value is -1.41. The van der Waals surface area contributed by atoms with Gasteiger partial charge in [-0.1, -0.05) is 86.6 Å². The third-order valence-electron chi connectivity index (χ3n) is 5.68. The van der Waals surface area contributed by atoms with Crippen molar-refractivity contribution in [2.45, 2.75) is 45.1 Å². The van der Waals surface area contributed by atoms with Crippen molar-refractivity contribution in [2.24, 2.45) is 4.99 Å². The first-order valence-electron chi connectivity index (χ1n) is 10.5. The number of rotatable bonds is 7. The van der Waals surface area contributed by atoms with E-state index in [1.165, 1.54) is 0 Å². The van der Waals surface area contributed by atoms with E-state index in [2.05, 4.69) is 50.0 Å². The van der Waals surface area contributed by atoms with Crippen molar-refractivity contribution in [3.63, 3.8) is 0 Å². The number of benzene rings is 3. The van der Waals surface area contributed by atoms with Crippen LogP contribution in [0.5, 0.6) is 5.75 Å². The average Bonchev–Trinajstić information content (AvgIpc) is 2.82. The van der Waals surface area contributed by atoms with Gasteiger partial charge in [0.25, 0.3) is 0 Å². The molecule has 3 aromatic carbocycles. The Kier molecular flexibility index (Phi) is 11.0. The molecule has 1 N–H and O–H groups in total. The monoisotopic (exact) mass is 531 g/mol. The fourth-order valence-electron chi connectivity index (χ4n) is 3.77. The molecule has 0 radical (unpaired) electrons. The van der Waals surface area contributed by atoms with Gasteiger partial charge in [0.2, 0.25) is 0 Å². The van der Waals surface area contributed by atoms with E-state index in [9.17, 15) is 5.11 Å². The molecule has 0 saturated carbocycles. The van der Waals surface area contributed by atoms with Crippen molar-refractivity contribution in [1.82, 2.24) is 0 Å². The summed E-state index contributed by atoms with van der Waals surface area (Å²) < 4.78 is 0. The molecule has 3 rings (SSSR count). The van der Waals surface area contributed by atoms with Gasteiger partial charge in [0.05, 0.1) is 0 Å². The van der Waals surface area contributed by atoms with Crippen molar-refractivity contribution in [3.8, 4) is 5.75 Å². The third-order valence-corrected chi connectivity index (χ3v) is 5.68. The third kappa shape index (κ3) is 6.54. The number of hydrogen-bond acceptors (Lipinski definition) is 2. The molecule has 0 spiro atoms. The molecule has 0 atom stereocenters. The summed E-state index contributed by atoms with van der Waals surface area (Å²) in [5.74, 6) is 0.299. The molecule has 3 aromatic rings. The quantitative estimate of drug-likeness (QED) is 0.245. The molecule has 0 amide bonds. The number of nitrogens with zero attached hydrogens (tertiary/aromatic N) is 1. The van der Waals surface area contributed by atoms with E-state index >= 15 is 0 Å². The minimum atomic E-state index is -0.826. The zero-order valence-electron chi connectivity index (χ0n) is 18.2. The van der Waals surface area contributed by atoms with Crippen molar-refractivity contribution in [1.29, 1.82) is 0 Å². The summed E-state index contributed by atoms with van der Waals surface area (Å²) in [6, 6.07) is 27.0. The van der Waals surface area contributed by atoms with Gasteiger partial charge in [-0.15, -0.1) is 0 Å². The van der Waals surface area contributed by atoms with E-state index in [0.29, 0.717) is 5.75 Å². The van der Waals surface area contributed by atoms with Crippen LogP contribution >= 0.6 is 17.0 Å². The minimum absolute atomic E-state index is 0.290. The van der Waals surface area contributed by atoms with Gasteiger partial charge in [-0.25, -0.2) is 0 Å². The molecule has 0 aromatic heterocycles. The van der Waals surface area contributed by atoms with Crippen LogP contribution < -0.4 is 0 Å². The first-order valence-corrected chi connectivity index (χ1v) is 16.8. The van der Waals surface area contributed by atoms with Crippen LogP contribution in [0.25, 0.3) is 0 Å². The van der Waals surface area contributed by atoms with Gasteiger partial charge < -0.3 is 5.11 Å². The van der Waals surface area contributed by atoms with Crippen LogP contribution in [0.3, 0.4) is 0 Å². The van der Waals surface area contributed by atoms with Gasteiger partial charge in [-0.05, 0) is 37.0 Å². The number of phenols is 1. The van der Waals surface area contributed by atoms with Gasteiger partial charge in [0.15, 0.2) is 0 Å². The second kappa shape index (κ2) is 13.2. The van der Waals surface area contributed by atoms with Crippen LogP contribution in [0.1, 0.15) is 55.9 Å². The van der Waals surface area contributed by atoms with E-state index in [-0.39, 0.29) is 6.04 Å². The van der Waals surface area contributed by atoms with Crippen molar-refractivity contribution in [2.75, 3.05) is 0 Å². The predicted molar refractivity (Wildman–Crippen MR) is 130 cm³/mol.